The molecule has 2 saturated carbocycles. The number of unbranched alkanes of at least 4 members (excludes halogenated alkanes) is 1. The van der Waals surface area contributed by atoms with Gasteiger partial charge in [0.05, 0.1) is 37.5 Å². The minimum atomic E-state index is -0.965. The molecule has 6 amide bonds. The number of nitrogens with one attached hydrogen (secondary N) is 2. The van der Waals surface area contributed by atoms with Crippen LogP contribution in [0.15, 0.2) is 41.3 Å². The molecular formula is C51H66N8O8. The maximum absolute atomic E-state index is 13.6. The summed E-state index contributed by atoms with van der Waals surface area (Å²) >= 11 is 0. The third-order valence-corrected chi connectivity index (χ3v) is 15.7. The standard InChI is InChI=1S/C51H66N8O8/c1-54(2)29-41-43(66-4)24-33(25-44(41)67-5)39-30-55(3)47(62)40-31-58(19-15-36(39)40)50(65)52-28-34-27-51(34)16-13-32(14-17-51)8-6-7-18-56-20-22-57(23-21-56)35-9-10-37-38(26-35)49(64)59(48(37)63)42-11-12-45(60)53-46(42)61/h9-10,24-26,30,32,34,42H,6-8,11-23,27-29,31H2,1-5H3,(H,52,65)(H,53,60,61). The lowest BCUT2D eigenvalue weighted by molar-refractivity contribution is -0.136. The molecule has 2 aromatic carbocycles. The lowest BCUT2D eigenvalue weighted by Crippen LogP contribution is -2.54. The van der Waals surface area contributed by atoms with E-state index < -0.39 is 23.8 Å². The number of benzene rings is 2. The van der Waals surface area contributed by atoms with Crippen LogP contribution < -0.4 is 30.6 Å². The van der Waals surface area contributed by atoms with Crippen molar-refractivity contribution >= 4 is 35.3 Å². The number of carbonyl (C=O) groups excluding carboxylic acids is 5. The molecule has 1 aromatic heterocycles. The van der Waals surface area contributed by atoms with Gasteiger partial charge in [-0.2, -0.15) is 0 Å². The largest absolute Gasteiger partial charge is 0.496 e. The van der Waals surface area contributed by atoms with Crippen LogP contribution in [0.4, 0.5) is 10.5 Å². The van der Waals surface area contributed by atoms with E-state index in [0.29, 0.717) is 54.1 Å². The Bertz CT molecular complexity index is 2480. The van der Waals surface area contributed by atoms with Crippen LogP contribution in [0.2, 0.25) is 0 Å². The Morgan fingerprint density at radius 3 is 2.25 bits per heavy atom. The van der Waals surface area contributed by atoms with E-state index in [0.717, 1.165) is 83.0 Å². The summed E-state index contributed by atoms with van der Waals surface area (Å²) in [5, 5.41) is 5.51. The Morgan fingerprint density at radius 2 is 1.57 bits per heavy atom. The zero-order chi connectivity index (χ0) is 47.1. The topological polar surface area (TPSA) is 166 Å². The fraction of sp³-hybridized carbons (Fsp3) is 0.569. The number of aromatic nitrogens is 1. The second-order valence-corrected chi connectivity index (χ2v) is 20.1. The first-order chi connectivity index (χ1) is 32.3. The van der Waals surface area contributed by atoms with Crippen LogP contribution in [-0.2, 0) is 36.1 Å². The van der Waals surface area contributed by atoms with Crippen LogP contribution in [0.1, 0.15) is 102 Å². The summed E-state index contributed by atoms with van der Waals surface area (Å²) in [7, 11) is 9.10. The predicted octanol–water partition coefficient (Wildman–Crippen LogP) is 4.79. The number of aryl methyl sites for hydroxylation is 1. The number of imide groups is 2. The molecule has 3 aromatic rings. The maximum atomic E-state index is 13.6. The highest BCUT2D eigenvalue weighted by molar-refractivity contribution is 6.23. The molecule has 0 bridgehead atoms. The number of hydrogen-bond donors (Lipinski definition) is 2. The van der Waals surface area contributed by atoms with Crippen molar-refractivity contribution in [2.45, 2.75) is 89.8 Å². The Morgan fingerprint density at radius 1 is 0.851 bits per heavy atom. The molecular weight excluding hydrogens is 853 g/mol. The molecule has 1 spiro atoms. The summed E-state index contributed by atoms with van der Waals surface area (Å²) in [5.41, 5.74) is 6.29. The number of nitrogens with zero attached hydrogens (tertiary/aromatic N) is 6. The normalized spacial score (nSPS) is 24.0. The molecule has 2 N–H and O–H groups in total. The van der Waals surface area contributed by atoms with Crippen molar-refractivity contribution in [3.8, 4) is 22.6 Å². The van der Waals surface area contributed by atoms with E-state index in [1.807, 2.05) is 38.5 Å². The van der Waals surface area contributed by atoms with Crippen LogP contribution in [0, 0.1) is 17.3 Å². The molecule has 16 nitrogen and oxygen atoms in total. The molecule has 2 unspecified atom stereocenters. The fourth-order valence-corrected chi connectivity index (χ4v) is 11.7. The Hall–Kier alpha value is -5.74. The highest BCUT2D eigenvalue weighted by atomic mass is 16.5. The Balaban J connectivity index is 0.690. The number of hydrogen-bond acceptors (Lipinski definition) is 11. The van der Waals surface area contributed by atoms with Gasteiger partial charge in [0.1, 0.15) is 17.5 Å². The van der Waals surface area contributed by atoms with Crippen molar-refractivity contribution < 1.29 is 33.4 Å². The number of piperidine rings is 1. The zero-order valence-electron chi connectivity index (χ0n) is 39.8. The molecule has 67 heavy (non-hydrogen) atoms. The molecule has 0 radical (unpaired) electrons. The maximum Gasteiger partial charge on any atom is 0.317 e. The van der Waals surface area contributed by atoms with Gasteiger partial charge in [-0.15, -0.1) is 0 Å². The molecule has 358 valence electrons. The van der Waals surface area contributed by atoms with Crippen molar-refractivity contribution in [1.82, 2.24) is 34.8 Å². The summed E-state index contributed by atoms with van der Waals surface area (Å²) < 4.78 is 13.2. The van der Waals surface area contributed by atoms with E-state index in [-0.39, 0.29) is 36.9 Å². The zero-order valence-corrected chi connectivity index (χ0v) is 39.8. The van der Waals surface area contributed by atoms with E-state index in [4.69, 9.17) is 9.47 Å². The van der Waals surface area contributed by atoms with Gasteiger partial charge in [-0.1, -0.05) is 12.8 Å². The van der Waals surface area contributed by atoms with Crippen molar-refractivity contribution in [1.29, 1.82) is 0 Å². The SMILES string of the molecule is COc1cc(-c2cn(C)c(=O)c3c2CCN(C(=O)NCC2CC24CCC(CCCCN2CCN(c5ccc6c(c5)C(=O)N(C5CCC(=O)NC5=O)C6=O)CC2)CC4)C3)cc(OC)c1CN(C)C. The third kappa shape index (κ3) is 9.31. The molecule has 4 fully saturated rings. The van der Waals surface area contributed by atoms with E-state index in [1.54, 1.807) is 42.9 Å². The molecule has 2 saturated heterocycles. The van der Waals surface area contributed by atoms with E-state index in [2.05, 4.69) is 25.3 Å². The second kappa shape index (κ2) is 19.1. The minimum absolute atomic E-state index is 0.0758. The number of urea groups is 1. The van der Waals surface area contributed by atoms with E-state index >= 15 is 0 Å². The first kappa shape index (κ1) is 46.4. The number of fused-ring (bicyclic) bond motifs is 2. The van der Waals surface area contributed by atoms with Crippen molar-refractivity contribution in [3.63, 3.8) is 0 Å². The smallest absolute Gasteiger partial charge is 0.317 e. The molecule has 4 aliphatic heterocycles. The van der Waals surface area contributed by atoms with Crippen LogP contribution in [0.25, 0.3) is 11.1 Å². The molecule has 2 aliphatic carbocycles. The lowest BCUT2D eigenvalue weighted by Gasteiger charge is -2.36. The highest BCUT2D eigenvalue weighted by Gasteiger charge is 2.54. The van der Waals surface area contributed by atoms with Crippen LogP contribution in [0.5, 0.6) is 11.5 Å². The third-order valence-electron chi connectivity index (χ3n) is 15.7. The van der Waals surface area contributed by atoms with Crippen LogP contribution >= 0.6 is 0 Å². The number of rotatable bonds is 14. The van der Waals surface area contributed by atoms with Gasteiger partial charge >= 0.3 is 6.03 Å². The summed E-state index contributed by atoms with van der Waals surface area (Å²) in [6.07, 6.45) is 12.5. The van der Waals surface area contributed by atoms with Gasteiger partial charge in [0.15, 0.2) is 0 Å². The van der Waals surface area contributed by atoms with E-state index in [9.17, 15) is 28.8 Å². The number of methoxy groups -OCH3 is 2. The van der Waals surface area contributed by atoms with Gasteiger partial charge in [0, 0.05) is 82.3 Å². The lowest BCUT2D eigenvalue weighted by atomic mass is 9.76. The summed E-state index contributed by atoms with van der Waals surface area (Å²) in [4.78, 5) is 87.3. The Labute approximate surface area is 392 Å². The minimum Gasteiger partial charge on any atom is -0.496 e. The van der Waals surface area contributed by atoms with Crippen molar-refractivity contribution in [2.24, 2.45) is 24.3 Å². The summed E-state index contributed by atoms with van der Waals surface area (Å²) in [6, 6.07) is 8.34. The summed E-state index contributed by atoms with van der Waals surface area (Å²) in [6.45, 7) is 6.75. The first-order valence-electron chi connectivity index (χ1n) is 24.2. The average molecular weight is 919 g/mol. The number of anilines is 1. The van der Waals surface area contributed by atoms with Crippen molar-refractivity contribution in [2.75, 3.05) is 79.0 Å². The quantitative estimate of drug-likeness (QED) is 0.169. The Kier molecular flexibility index (Phi) is 13.2. The predicted molar refractivity (Wildman–Crippen MR) is 253 cm³/mol. The fourth-order valence-electron chi connectivity index (χ4n) is 11.7. The number of ether oxygens (including phenoxy) is 2. The molecule has 9 rings (SSSR count). The number of amides is 6. The van der Waals surface area contributed by atoms with Crippen LogP contribution in [0.3, 0.4) is 0 Å². The molecule has 16 heteroatoms. The highest BCUT2D eigenvalue weighted by Crippen LogP contribution is 2.62. The van der Waals surface area contributed by atoms with Gasteiger partial charge in [-0.05, 0) is 131 Å². The van der Waals surface area contributed by atoms with Gasteiger partial charge in [0.2, 0.25) is 11.8 Å². The van der Waals surface area contributed by atoms with Crippen molar-refractivity contribution in [3.05, 3.63) is 74.7 Å². The molecule has 2 atom stereocenters. The average Bonchev–Trinajstić information content (AvgIpc) is 3.95. The molecule has 5 heterocycles. The van der Waals surface area contributed by atoms with Gasteiger partial charge in [-0.25, -0.2) is 4.79 Å². The monoisotopic (exact) mass is 919 g/mol. The number of carbonyl (C=O) groups is 5. The first-order valence-corrected chi connectivity index (χ1v) is 24.2. The van der Waals surface area contributed by atoms with Gasteiger partial charge in [-0.3, -0.25) is 39.1 Å². The second-order valence-electron chi connectivity index (χ2n) is 20.1. The van der Waals surface area contributed by atoms with Gasteiger partial charge < -0.3 is 34.1 Å². The molecule has 6 aliphatic rings. The summed E-state index contributed by atoms with van der Waals surface area (Å²) in [5.74, 6) is 0.798. The number of piperazine rings is 1. The van der Waals surface area contributed by atoms with E-state index in [1.165, 1.54) is 51.4 Å². The number of pyridine rings is 1. The van der Waals surface area contributed by atoms with Crippen LogP contribution in [-0.4, -0.2) is 134 Å². The van der Waals surface area contributed by atoms with Gasteiger partial charge in [0.25, 0.3) is 17.4 Å².